The van der Waals surface area contributed by atoms with Gasteiger partial charge in [-0.3, -0.25) is 4.72 Å². The van der Waals surface area contributed by atoms with Crippen LogP contribution in [0.15, 0.2) is 53.4 Å². The number of nitrogen functional groups attached to an aromatic ring is 1. The van der Waals surface area contributed by atoms with E-state index < -0.39 is 10.0 Å². The Morgan fingerprint density at radius 3 is 2.05 bits per heavy atom. The summed E-state index contributed by atoms with van der Waals surface area (Å²) in [6, 6.07) is 13.6. The van der Waals surface area contributed by atoms with Gasteiger partial charge < -0.3 is 5.73 Å². The lowest BCUT2D eigenvalue weighted by molar-refractivity contribution is 0.506. The zero-order chi connectivity index (χ0) is 16.4. The van der Waals surface area contributed by atoms with Crippen molar-refractivity contribution >= 4 is 21.4 Å². The molecular formula is C17H22N2O2S. The Morgan fingerprint density at radius 1 is 1.00 bits per heavy atom. The normalized spacial score (nSPS) is 12.1. The van der Waals surface area contributed by atoms with E-state index in [1.807, 2.05) is 12.1 Å². The van der Waals surface area contributed by atoms with Gasteiger partial charge in [-0.1, -0.05) is 32.9 Å². The molecule has 0 unspecified atom stereocenters. The Kier molecular flexibility index (Phi) is 4.47. The van der Waals surface area contributed by atoms with Crippen LogP contribution in [0.1, 0.15) is 32.8 Å². The van der Waals surface area contributed by atoms with Crippen molar-refractivity contribution in [2.24, 2.45) is 0 Å². The van der Waals surface area contributed by atoms with Gasteiger partial charge in [-0.05, 0) is 53.8 Å². The largest absolute Gasteiger partial charge is 0.399 e. The van der Waals surface area contributed by atoms with Crippen molar-refractivity contribution in [1.82, 2.24) is 0 Å². The average Bonchev–Trinajstić information content (AvgIpc) is 2.48. The third-order valence-corrected chi connectivity index (χ3v) is 5.39. The summed E-state index contributed by atoms with van der Waals surface area (Å²) in [6.45, 7) is 6.47. The molecular weight excluding hydrogens is 296 g/mol. The standard InChI is InChI=1S/C17H22N2O2S/c1-4-17(2,3)13-5-9-15(10-6-13)19-22(20,21)16-11-7-14(18)8-12-16/h5-12,19H,4,18H2,1-3H3. The monoisotopic (exact) mass is 318 g/mol. The highest BCUT2D eigenvalue weighted by Gasteiger charge is 2.18. The molecule has 2 aromatic rings. The van der Waals surface area contributed by atoms with Crippen LogP contribution in [0.5, 0.6) is 0 Å². The van der Waals surface area contributed by atoms with Crippen molar-refractivity contribution in [2.45, 2.75) is 37.5 Å². The first-order chi connectivity index (χ1) is 10.2. The third-order valence-electron chi connectivity index (χ3n) is 3.99. The van der Waals surface area contributed by atoms with Crippen LogP contribution in [-0.4, -0.2) is 8.42 Å². The van der Waals surface area contributed by atoms with Gasteiger partial charge in [-0.15, -0.1) is 0 Å². The molecule has 2 aromatic carbocycles. The summed E-state index contributed by atoms with van der Waals surface area (Å²) in [5.74, 6) is 0. The van der Waals surface area contributed by atoms with Crippen molar-refractivity contribution in [3.8, 4) is 0 Å². The van der Waals surface area contributed by atoms with E-state index in [1.165, 1.54) is 17.7 Å². The number of anilines is 2. The van der Waals surface area contributed by atoms with Gasteiger partial charge in [0.2, 0.25) is 0 Å². The molecule has 5 heteroatoms. The molecule has 0 aliphatic rings. The summed E-state index contributed by atoms with van der Waals surface area (Å²) in [6.07, 6.45) is 1.02. The second-order valence-electron chi connectivity index (χ2n) is 5.99. The Morgan fingerprint density at radius 2 is 1.55 bits per heavy atom. The van der Waals surface area contributed by atoms with Gasteiger partial charge in [0.25, 0.3) is 10.0 Å². The van der Waals surface area contributed by atoms with Gasteiger partial charge in [0.15, 0.2) is 0 Å². The number of rotatable bonds is 5. The van der Waals surface area contributed by atoms with E-state index in [2.05, 4.69) is 25.5 Å². The number of hydrogen-bond acceptors (Lipinski definition) is 3. The molecule has 0 amide bonds. The lowest BCUT2D eigenvalue weighted by Gasteiger charge is -2.23. The first kappa shape index (κ1) is 16.4. The zero-order valence-electron chi connectivity index (χ0n) is 13.1. The lowest BCUT2D eigenvalue weighted by atomic mass is 9.82. The molecule has 0 aromatic heterocycles. The van der Waals surface area contributed by atoms with Crippen LogP contribution in [0.3, 0.4) is 0 Å². The molecule has 2 rings (SSSR count). The Labute approximate surface area is 132 Å². The highest BCUT2D eigenvalue weighted by Crippen LogP contribution is 2.28. The summed E-state index contributed by atoms with van der Waals surface area (Å²) in [5, 5.41) is 0. The van der Waals surface area contributed by atoms with Crippen LogP contribution in [0.25, 0.3) is 0 Å². The van der Waals surface area contributed by atoms with Crippen molar-refractivity contribution < 1.29 is 8.42 Å². The van der Waals surface area contributed by atoms with Crippen molar-refractivity contribution in [3.05, 3.63) is 54.1 Å². The van der Waals surface area contributed by atoms with E-state index in [1.54, 1.807) is 24.3 Å². The second kappa shape index (κ2) is 6.01. The minimum Gasteiger partial charge on any atom is -0.399 e. The minimum absolute atomic E-state index is 0.0777. The first-order valence-electron chi connectivity index (χ1n) is 7.23. The van der Waals surface area contributed by atoms with Gasteiger partial charge >= 0.3 is 0 Å². The Bertz CT molecular complexity index is 733. The maximum Gasteiger partial charge on any atom is 0.261 e. The molecule has 0 radical (unpaired) electrons. The molecule has 0 atom stereocenters. The summed E-state index contributed by atoms with van der Waals surface area (Å²) < 4.78 is 27.2. The molecule has 0 saturated carbocycles. The minimum atomic E-state index is -3.59. The maximum absolute atomic E-state index is 12.3. The summed E-state index contributed by atoms with van der Waals surface area (Å²) in [4.78, 5) is 0.194. The van der Waals surface area contributed by atoms with E-state index in [0.717, 1.165) is 6.42 Å². The number of nitrogens with two attached hydrogens (primary N) is 1. The molecule has 22 heavy (non-hydrogen) atoms. The molecule has 0 spiro atoms. The lowest BCUT2D eigenvalue weighted by Crippen LogP contribution is -2.16. The molecule has 0 aliphatic heterocycles. The van der Waals surface area contributed by atoms with Gasteiger partial charge in [-0.25, -0.2) is 8.42 Å². The number of sulfonamides is 1. The van der Waals surface area contributed by atoms with Crippen molar-refractivity contribution in [3.63, 3.8) is 0 Å². The van der Waals surface area contributed by atoms with E-state index >= 15 is 0 Å². The van der Waals surface area contributed by atoms with Gasteiger partial charge in [0.05, 0.1) is 4.90 Å². The van der Waals surface area contributed by atoms with Crippen LogP contribution in [0.4, 0.5) is 11.4 Å². The van der Waals surface area contributed by atoms with E-state index in [4.69, 9.17) is 5.73 Å². The molecule has 0 heterocycles. The predicted molar refractivity (Wildman–Crippen MR) is 91.4 cm³/mol. The third kappa shape index (κ3) is 3.60. The van der Waals surface area contributed by atoms with Crippen molar-refractivity contribution in [1.29, 1.82) is 0 Å². The molecule has 0 aliphatic carbocycles. The fourth-order valence-corrected chi connectivity index (χ4v) is 3.11. The Hall–Kier alpha value is -2.01. The fourth-order valence-electron chi connectivity index (χ4n) is 2.05. The van der Waals surface area contributed by atoms with Crippen LogP contribution in [0, 0.1) is 0 Å². The smallest absolute Gasteiger partial charge is 0.261 e. The van der Waals surface area contributed by atoms with E-state index in [0.29, 0.717) is 11.4 Å². The highest BCUT2D eigenvalue weighted by atomic mass is 32.2. The summed E-state index contributed by atoms with van der Waals surface area (Å²) >= 11 is 0. The number of benzene rings is 2. The molecule has 0 bridgehead atoms. The van der Waals surface area contributed by atoms with Crippen LogP contribution in [-0.2, 0) is 15.4 Å². The predicted octanol–water partition coefficient (Wildman–Crippen LogP) is 3.76. The summed E-state index contributed by atoms with van der Waals surface area (Å²) in [7, 11) is -3.59. The topological polar surface area (TPSA) is 72.2 Å². The highest BCUT2D eigenvalue weighted by molar-refractivity contribution is 7.92. The van der Waals surface area contributed by atoms with Crippen molar-refractivity contribution in [2.75, 3.05) is 10.5 Å². The number of hydrogen-bond donors (Lipinski definition) is 2. The van der Waals surface area contributed by atoms with E-state index in [-0.39, 0.29) is 10.3 Å². The van der Waals surface area contributed by atoms with Crippen LogP contribution in [0.2, 0.25) is 0 Å². The molecule has 0 fully saturated rings. The first-order valence-corrected chi connectivity index (χ1v) is 8.72. The molecule has 4 nitrogen and oxygen atoms in total. The maximum atomic E-state index is 12.3. The zero-order valence-corrected chi connectivity index (χ0v) is 13.9. The fraction of sp³-hybridized carbons (Fsp3) is 0.294. The van der Waals surface area contributed by atoms with E-state index in [9.17, 15) is 8.42 Å². The summed E-state index contributed by atoms with van der Waals surface area (Å²) in [5.41, 5.74) is 7.92. The van der Waals surface area contributed by atoms with Crippen LogP contribution >= 0.6 is 0 Å². The Balaban J connectivity index is 2.22. The van der Waals surface area contributed by atoms with Gasteiger partial charge in [0.1, 0.15) is 0 Å². The number of nitrogens with one attached hydrogen (secondary N) is 1. The van der Waals surface area contributed by atoms with Gasteiger partial charge in [0, 0.05) is 11.4 Å². The quantitative estimate of drug-likeness (QED) is 0.825. The van der Waals surface area contributed by atoms with Gasteiger partial charge in [-0.2, -0.15) is 0 Å². The van der Waals surface area contributed by atoms with Crippen LogP contribution < -0.4 is 10.5 Å². The average molecular weight is 318 g/mol. The second-order valence-corrected chi connectivity index (χ2v) is 7.67. The molecule has 3 N–H and O–H groups in total. The molecule has 118 valence electrons. The molecule has 0 saturated heterocycles. The SMILES string of the molecule is CCC(C)(C)c1ccc(NS(=O)(=O)c2ccc(N)cc2)cc1.